The van der Waals surface area contributed by atoms with E-state index in [1.54, 1.807) is 0 Å². The normalized spacial score (nSPS) is 27.4. The van der Waals surface area contributed by atoms with Crippen LogP contribution in [0.15, 0.2) is 24.3 Å². The summed E-state index contributed by atoms with van der Waals surface area (Å²) in [6.45, 7) is 0.788. The van der Waals surface area contributed by atoms with Crippen molar-refractivity contribution in [1.29, 1.82) is 0 Å². The Morgan fingerprint density at radius 3 is 2.55 bits per heavy atom. The van der Waals surface area contributed by atoms with Crippen LogP contribution in [0, 0.1) is 5.92 Å². The summed E-state index contributed by atoms with van der Waals surface area (Å²) in [7, 11) is 0. The van der Waals surface area contributed by atoms with Gasteiger partial charge in [0.05, 0.1) is 11.7 Å². The molecule has 0 aromatic heterocycles. The maximum atomic E-state index is 10.7. The monoisotopic (exact) mass is 275 g/mol. The highest BCUT2D eigenvalue weighted by Gasteiger charge is 2.40. The number of ether oxygens (including phenoxy) is 1. The first-order valence-electron chi connectivity index (χ1n) is 7.86. The number of benzene rings is 1. The van der Waals surface area contributed by atoms with Gasteiger partial charge in [-0.3, -0.25) is 0 Å². The van der Waals surface area contributed by atoms with Gasteiger partial charge in [0, 0.05) is 12.3 Å². The van der Waals surface area contributed by atoms with Crippen molar-refractivity contribution in [1.82, 2.24) is 0 Å². The number of hydrogen-bond acceptors (Lipinski definition) is 3. The maximum absolute atomic E-state index is 10.7. The minimum Gasteiger partial charge on any atom is -0.399 e. The Hall–Kier alpha value is -1.06. The largest absolute Gasteiger partial charge is 0.399 e. The Kier molecular flexibility index (Phi) is 3.99. The molecule has 110 valence electrons. The van der Waals surface area contributed by atoms with Crippen LogP contribution in [0.25, 0.3) is 0 Å². The Morgan fingerprint density at radius 2 is 1.85 bits per heavy atom. The molecule has 0 radical (unpaired) electrons. The first-order chi connectivity index (χ1) is 9.69. The molecular weight excluding hydrogens is 250 g/mol. The molecule has 2 unspecified atom stereocenters. The van der Waals surface area contributed by atoms with Crippen molar-refractivity contribution in [2.24, 2.45) is 5.92 Å². The average molecular weight is 275 g/mol. The number of nitrogen functional groups attached to an aromatic ring is 1. The van der Waals surface area contributed by atoms with Crippen molar-refractivity contribution < 1.29 is 9.84 Å². The molecule has 3 rings (SSSR count). The van der Waals surface area contributed by atoms with Crippen LogP contribution in [-0.2, 0) is 4.74 Å². The van der Waals surface area contributed by atoms with E-state index in [9.17, 15) is 5.11 Å². The molecule has 20 heavy (non-hydrogen) atoms. The smallest absolute Gasteiger partial charge is 0.0820 e. The van der Waals surface area contributed by atoms with E-state index in [4.69, 9.17) is 10.5 Å². The first-order valence-corrected chi connectivity index (χ1v) is 7.86. The third-order valence-corrected chi connectivity index (χ3v) is 5.02. The first kappa shape index (κ1) is 13.9. The molecule has 2 atom stereocenters. The van der Waals surface area contributed by atoms with Gasteiger partial charge in [-0.2, -0.15) is 0 Å². The van der Waals surface area contributed by atoms with E-state index in [1.807, 2.05) is 24.3 Å². The highest BCUT2D eigenvalue weighted by molar-refractivity contribution is 5.40. The van der Waals surface area contributed by atoms with Crippen LogP contribution < -0.4 is 5.73 Å². The van der Waals surface area contributed by atoms with E-state index in [0.717, 1.165) is 43.5 Å². The standard InChI is InChI=1S/C17H25NO2/c18-15-6-4-13(5-7-15)16(19)14-8-11-20-17(12-14)9-2-1-3-10-17/h4-7,14,16,19H,1-3,8-12,18H2. The van der Waals surface area contributed by atoms with Crippen LogP contribution in [0.1, 0.15) is 56.6 Å². The fourth-order valence-electron chi connectivity index (χ4n) is 3.85. The van der Waals surface area contributed by atoms with Gasteiger partial charge in [-0.1, -0.05) is 31.4 Å². The Balaban J connectivity index is 1.71. The lowest BCUT2D eigenvalue weighted by Gasteiger charge is -2.44. The molecule has 3 heteroatoms. The zero-order valence-electron chi connectivity index (χ0n) is 12.1. The van der Waals surface area contributed by atoms with Crippen LogP contribution in [0.4, 0.5) is 5.69 Å². The van der Waals surface area contributed by atoms with Crippen molar-refractivity contribution in [2.75, 3.05) is 12.3 Å². The molecule has 0 bridgehead atoms. The highest BCUT2D eigenvalue weighted by atomic mass is 16.5. The lowest BCUT2D eigenvalue weighted by molar-refractivity contribution is -0.134. The van der Waals surface area contributed by atoms with Gasteiger partial charge in [0.15, 0.2) is 0 Å². The van der Waals surface area contributed by atoms with Gasteiger partial charge in [-0.15, -0.1) is 0 Å². The molecule has 3 N–H and O–H groups in total. The van der Waals surface area contributed by atoms with Crippen molar-refractivity contribution >= 4 is 5.69 Å². The van der Waals surface area contributed by atoms with Gasteiger partial charge < -0.3 is 15.6 Å². The summed E-state index contributed by atoms with van der Waals surface area (Å²) >= 11 is 0. The summed E-state index contributed by atoms with van der Waals surface area (Å²) in [5, 5.41) is 10.7. The lowest BCUT2D eigenvalue weighted by atomic mass is 9.74. The maximum Gasteiger partial charge on any atom is 0.0820 e. The predicted octanol–water partition coefficient (Wildman–Crippen LogP) is 3.43. The Bertz CT molecular complexity index is 431. The minimum absolute atomic E-state index is 0.0515. The van der Waals surface area contributed by atoms with E-state index in [-0.39, 0.29) is 5.60 Å². The number of hydrogen-bond donors (Lipinski definition) is 2. The summed E-state index contributed by atoms with van der Waals surface area (Å²) in [6.07, 6.45) is 7.76. The molecule has 1 saturated heterocycles. The second kappa shape index (κ2) is 5.74. The molecule has 2 aliphatic rings. The molecular formula is C17H25NO2. The van der Waals surface area contributed by atoms with Gasteiger partial charge >= 0.3 is 0 Å². The summed E-state index contributed by atoms with van der Waals surface area (Å²) in [6, 6.07) is 7.63. The van der Waals surface area contributed by atoms with Crippen LogP contribution in [0.2, 0.25) is 0 Å². The molecule has 1 saturated carbocycles. The number of nitrogens with two attached hydrogens (primary N) is 1. The van der Waals surface area contributed by atoms with E-state index in [1.165, 1.54) is 19.3 Å². The topological polar surface area (TPSA) is 55.5 Å². The average Bonchev–Trinajstić information content (AvgIpc) is 2.48. The summed E-state index contributed by atoms with van der Waals surface area (Å²) in [4.78, 5) is 0. The van der Waals surface area contributed by atoms with Gasteiger partial charge in [-0.05, 0) is 49.3 Å². The zero-order chi connectivity index (χ0) is 14.0. The van der Waals surface area contributed by atoms with Crippen molar-refractivity contribution in [3.05, 3.63) is 29.8 Å². The van der Waals surface area contributed by atoms with E-state index < -0.39 is 6.10 Å². The molecule has 0 amide bonds. The molecule has 1 aliphatic heterocycles. The van der Waals surface area contributed by atoms with Crippen molar-refractivity contribution in [3.8, 4) is 0 Å². The number of aliphatic hydroxyl groups is 1. The van der Waals surface area contributed by atoms with Crippen molar-refractivity contribution in [3.63, 3.8) is 0 Å². The zero-order valence-corrected chi connectivity index (χ0v) is 12.1. The molecule has 1 spiro atoms. The summed E-state index contributed by atoms with van der Waals surface area (Å²) in [5.41, 5.74) is 7.50. The van der Waals surface area contributed by atoms with Crippen LogP contribution in [0.5, 0.6) is 0 Å². The molecule has 3 nitrogen and oxygen atoms in total. The molecule has 2 fully saturated rings. The quantitative estimate of drug-likeness (QED) is 0.813. The van der Waals surface area contributed by atoms with Crippen LogP contribution in [-0.4, -0.2) is 17.3 Å². The third kappa shape index (κ3) is 2.84. The molecule has 1 aromatic rings. The number of rotatable bonds is 2. The number of anilines is 1. The fraction of sp³-hybridized carbons (Fsp3) is 0.647. The van der Waals surface area contributed by atoms with E-state index >= 15 is 0 Å². The van der Waals surface area contributed by atoms with Crippen LogP contribution in [0.3, 0.4) is 0 Å². The Labute approximate surface area is 121 Å². The summed E-state index contributed by atoms with van der Waals surface area (Å²) < 4.78 is 6.11. The van der Waals surface area contributed by atoms with Gasteiger partial charge in [0.2, 0.25) is 0 Å². The second-order valence-electron chi connectivity index (χ2n) is 6.46. The van der Waals surface area contributed by atoms with E-state index in [0.29, 0.717) is 5.92 Å². The molecule has 1 aromatic carbocycles. The molecule has 1 aliphatic carbocycles. The van der Waals surface area contributed by atoms with Gasteiger partial charge in [-0.25, -0.2) is 0 Å². The van der Waals surface area contributed by atoms with E-state index in [2.05, 4.69) is 0 Å². The predicted molar refractivity (Wildman–Crippen MR) is 80.3 cm³/mol. The van der Waals surface area contributed by atoms with Gasteiger partial charge in [0.1, 0.15) is 0 Å². The Morgan fingerprint density at radius 1 is 1.15 bits per heavy atom. The molecule has 1 heterocycles. The fourth-order valence-corrected chi connectivity index (χ4v) is 3.85. The SMILES string of the molecule is Nc1ccc(C(O)C2CCOC3(CCCCC3)C2)cc1. The summed E-state index contributed by atoms with van der Waals surface area (Å²) in [5.74, 6) is 0.311. The minimum atomic E-state index is -0.390. The van der Waals surface area contributed by atoms with Crippen molar-refractivity contribution in [2.45, 2.75) is 56.7 Å². The third-order valence-electron chi connectivity index (χ3n) is 5.02. The van der Waals surface area contributed by atoms with Gasteiger partial charge in [0.25, 0.3) is 0 Å². The van der Waals surface area contributed by atoms with Crippen LogP contribution >= 0.6 is 0 Å². The lowest BCUT2D eigenvalue weighted by Crippen LogP contribution is -2.42. The number of aliphatic hydroxyl groups excluding tert-OH is 1. The highest BCUT2D eigenvalue weighted by Crippen LogP contribution is 2.44. The second-order valence-corrected chi connectivity index (χ2v) is 6.46.